The molecule has 3 heteroatoms. The van der Waals surface area contributed by atoms with Crippen molar-refractivity contribution in [3.05, 3.63) is 29.3 Å². The van der Waals surface area contributed by atoms with Crippen molar-refractivity contribution in [2.45, 2.75) is 39.0 Å². The minimum Gasteiger partial charge on any atom is -0.496 e. The predicted octanol–water partition coefficient (Wildman–Crippen LogP) is 2.60. The fourth-order valence-corrected chi connectivity index (χ4v) is 2.09. The Labute approximate surface area is 111 Å². The molecule has 0 atom stereocenters. The van der Waals surface area contributed by atoms with Crippen molar-refractivity contribution in [3.63, 3.8) is 0 Å². The molecule has 0 aromatic heterocycles. The maximum atomic E-state index is 5.51. The Morgan fingerprint density at radius 2 is 2.00 bits per heavy atom. The number of rotatable bonds is 6. The van der Waals surface area contributed by atoms with Crippen molar-refractivity contribution < 1.29 is 4.74 Å². The lowest BCUT2D eigenvalue weighted by atomic mass is 9.82. The second kappa shape index (κ2) is 6.21. The van der Waals surface area contributed by atoms with Crippen molar-refractivity contribution in [3.8, 4) is 5.75 Å². The number of benzene rings is 1. The molecule has 1 rings (SSSR count). The molecular weight excluding hydrogens is 224 g/mol. The lowest BCUT2D eigenvalue weighted by Crippen LogP contribution is -2.36. The molecule has 0 unspecified atom stereocenters. The van der Waals surface area contributed by atoms with Crippen LogP contribution in [-0.2, 0) is 5.41 Å². The monoisotopic (exact) mass is 250 g/mol. The summed E-state index contributed by atoms with van der Waals surface area (Å²) in [5.74, 6) is 1.43. The second-order valence-electron chi connectivity index (χ2n) is 5.63. The minimum atomic E-state index is 0.0648. The van der Waals surface area contributed by atoms with Gasteiger partial charge in [0.15, 0.2) is 0 Å². The first-order valence-corrected chi connectivity index (χ1v) is 6.51. The highest BCUT2D eigenvalue weighted by atomic mass is 16.5. The summed E-state index contributed by atoms with van der Waals surface area (Å²) in [6.07, 6.45) is 0. The molecule has 0 aliphatic heterocycles. The molecule has 1 aromatic carbocycles. The van der Waals surface area contributed by atoms with Crippen LogP contribution in [-0.4, -0.2) is 20.3 Å². The average Bonchev–Trinajstić information content (AvgIpc) is 2.35. The van der Waals surface area contributed by atoms with Crippen LogP contribution in [0.3, 0.4) is 0 Å². The molecule has 0 aliphatic carbocycles. The van der Waals surface area contributed by atoms with Crippen molar-refractivity contribution in [1.82, 2.24) is 5.32 Å². The van der Waals surface area contributed by atoms with Crippen LogP contribution in [0.4, 0.5) is 0 Å². The van der Waals surface area contributed by atoms with Crippen molar-refractivity contribution in [2.75, 3.05) is 20.3 Å². The Morgan fingerprint density at radius 3 is 2.50 bits per heavy atom. The van der Waals surface area contributed by atoms with Gasteiger partial charge in [0.2, 0.25) is 0 Å². The number of methoxy groups -OCH3 is 1. The van der Waals surface area contributed by atoms with E-state index < -0.39 is 0 Å². The summed E-state index contributed by atoms with van der Waals surface area (Å²) in [6, 6.07) is 6.46. The molecular formula is C15H26N2O. The summed E-state index contributed by atoms with van der Waals surface area (Å²) in [4.78, 5) is 0. The average molecular weight is 250 g/mol. The molecule has 0 radical (unpaired) electrons. The zero-order valence-corrected chi connectivity index (χ0v) is 12.2. The quantitative estimate of drug-likeness (QED) is 0.763. The maximum Gasteiger partial charge on any atom is 0.122 e. The number of ether oxygens (including phenoxy) is 1. The summed E-state index contributed by atoms with van der Waals surface area (Å²) in [7, 11) is 1.72. The van der Waals surface area contributed by atoms with Crippen molar-refractivity contribution >= 4 is 0 Å². The summed E-state index contributed by atoms with van der Waals surface area (Å²) in [5, 5.41) is 3.21. The van der Waals surface area contributed by atoms with E-state index in [0.29, 0.717) is 12.6 Å². The van der Waals surface area contributed by atoms with Crippen LogP contribution < -0.4 is 15.8 Å². The Balaban J connectivity index is 3.07. The van der Waals surface area contributed by atoms with Crippen LogP contribution in [0.2, 0.25) is 0 Å². The molecule has 0 saturated heterocycles. The van der Waals surface area contributed by atoms with E-state index in [1.54, 1.807) is 7.11 Å². The van der Waals surface area contributed by atoms with E-state index in [0.717, 1.165) is 12.3 Å². The number of hydrogen-bond acceptors (Lipinski definition) is 3. The van der Waals surface area contributed by atoms with Gasteiger partial charge >= 0.3 is 0 Å². The smallest absolute Gasteiger partial charge is 0.122 e. The van der Waals surface area contributed by atoms with Gasteiger partial charge in [-0.05, 0) is 23.1 Å². The molecule has 3 N–H and O–H groups in total. The van der Waals surface area contributed by atoms with E-state index in [4.69, 9.17) is 10.5 Å². The summed E-state index contributed by atoms with van der Waals surface area (Å²) in [5.41, 5.74) is 8.14. The van der Waals surface area contributed by atoms with Crippen LogP contribution in [0.1, 0.15) is 44.7 Å². The topological polar surface area (TPSA) is 47.3 Å². The van der Waals surface area contributed by atoms with E-state index in [9.17, 15) is 0 Å². The first kappa shape index (κ1) is 15.0. The van der Waals surface area contributed by atoms with E-state index in [2.05, 4.69) is 51.2 Å². The third kappa shape index (κ3) is 3.47. The van der Waals surface area contributed by atoms with Crippen LogP contribution in [0, 0.1) is 0 Å². The van der Waals surface area contributed by atoms with Gasteiger partial charge in [0.1, 0.15) is 5.75 Å². The summed E-state index contributed by atoms with van der Waals surface area (Å²) < 4.78 is 5.42. The van der Waals surface area contributed by atoms with Gasteiger partial charge in [-0.1, -0.05) is 39.8 Å². The van der Waals surface area contributed by atoms with Crippen LogP contribution in [0.15, 0.2) is 18.2 Å². The Bertz CT molecular complexity index is 386. The largest absolute Gasteiger partial charge is 0.496 e. The van der Waals surface area contributed by atoms with E-state index in [1.807, 2.05) is 0 Å². The fourth-order valence-electron chi connectivity index (χ4n) is 2.09. The second-order valence-corrected chi connectivity index (χ2v) is 5.63. The molecule has 3 nitrogen and oxygen atoms in total. The first-order chi connectivity index (χ1) is 8.42. The molecule has 0 heterocycles. The number of nitrogens with one attached hydrogen (secondary N) is 1. The third-order valence-corrected chi connectivity index (χ3v) is 3.34. The lowest BCUT2D eigenvalue weighted by Gasteiger charge is -2.27. The standard InChI is InChI=1S/C15H26N2O/c1-11(2)13-8-12(6-7-14(13)18-5)15(3,4)9-17-10-16/h6-8,11,17H,9-10,16H2,1-5H3. The van der Waals surface area contributed by atoms with E-state index in [-0.39, 0.29) is 5.41 Å². The SMILES string of the molecule is COc1ccc(C(C)(C)CNCN)cc1C(C)C. The maximum absolute atomic E-state index is 5.51. The predicted molar refractivity (Wildman–Crippen MR) is 77.2 cm³/mol. The highest BCUT2D eigenvalue weighted by molar-refractivity contribution is 5.41. The third-order valence-electron chi connectivity index (χ3n) is 3.34. The van der Waals surface area contributed by atoms with Gasteiger partial charge in [-0.3, -0.25) is 0 Å². The number of hydrogen-bond donors (Lipinski definition) is 2. The van der Waals surface area contributed by atoms with Gasteiger partial charge in [-0.25, -0.2) is 0 Å². The van der Waals surface area contributed by atoms with Gasteiger partial charge in [0.05, 0.1) is 7.11 Å². The Kier molecular flexibility index (Phi) is 5.17. The molecule has 102 valence electrons. The molecule has 0 saturated carbocycles. The first-order valence-electron chi connectivity index (χ1n) is 6.51. The highest BCUT2D eigenvalue weighted by Crippen LogP contribution is 2.32. The molecule has 0 spiro atoms. The van der Waals surface area contributed by atoms with Crippen molar-refractivity contribution in [1.29, 1.82) is 0 Å². The van der Waals surface area contributed by atoms with Crippen LogP contribution >= 0.6 is 0 Å². The lowest BCUT2D eigenvalue weighted by molar-refractivity contribution is 0.406. The fraction of sp³-hybridized carbons (Fsp3) is 0.600. The molecule has 0 fully saturated rings. The van der Waals surface area contributed by atoms with Gasteiger partial charge in [-0.15, -0.1) is 0 Å². The van der Waals surface area contributed by atoms with Crippen LogP contribution in [0.5, 0.6) is 5.75 Å². The highest BCUT2D eigenvalue weighted by Gasteiger charge is 2.21. The summed E-state index contributed by atoms with van der Waals surface area (Å²) in [6.45, 7) is 10.2. The van der Waals surface area contributed by atoms with Crippen molar-refractivity contribution in [2.24, 2.45) is 5.73 Å². The van der Waals surface area contributed by atoms with Gasteiger partial charge in [0.25, 0.3) is 0 Å². The zero-order valence-electron chi connectivity index (χ0n) is 12.2. The minimum absolute atomic E-state index is 0.0648. The summed E-state index contributed by atoms with van der Waals surface area (Å²) >= 11 is 0. The van der Waals surface area contributed by atoms with E-state index >= 15 is 0 Å². The zero-order chi connectivity index (χ0) is 13.8. The molecule has 0 aliphatic rings. The molecule has 18 heavy (non-hydrogen) atoms. The van der Waals surface area contributed by atoms with Gasteiger partial charge in [-0.2, -0.15) is 0 Å². The normalized spacial score (nSPS) is 11.9. The Hall–Kier alpha value is -1.06. The number of nitrogens with two attached hydrogens (primary N) is 1. The van der Waals surface area contributed by atoms with Crippen LogP contribution in [0.25, 0.3) is 0 Å². The van der Waals surface area contributed by atoms with Gasteiger partial charge < -0.3 is 15.8 Å². The molecule has 0 amide bonds. The Morgan fingerprint density at radius 1 is 1.33 bits per heavy atom. The van der Waals surface area contributed by atoms with Gasteiger partial charge in [0, 0.05) is 18.6 Å². The van der Waals surface area contributed by atoms with E-state index in [1.165, 1.54) is 11.1 Å². The molecule has 1 aromatic rings. The molecule has 0 bridgehead atoms.